The van der Waals surface area contributed by atoms with E-state index in [9.17, 15) is 14.7 Å². The van der Waals surface area contributed by atoms with Crippen molar-refractivity contribution in [3.05, 3.63) is 65.1 Å². The van der Waals surface area contributed by atoms with Gasteiger partial charge in [0.1, 0.15) is 23.9 Å². The molecular weight excluding hydrogens is 510 g/mol. The van der Waals surface area contributed by atoms with Crippen molar-refractivity contribution >= 4 is 22.7 Å². The summed E-state index contributed by atoms with van der Waals surface area (Å²) in [5, 5.41) is 14.3. The number of aliphatic hydroxyl groups excluding tert-OH is 1. The molecule has 10 heteroatoms. The summed E-state index contributed by atoms with van der Waals surface area (Å²) in [5.41, 5.74) is 3.94. The summed E-state index contributed by atoms with van der Waals surface area (Å²) in [6, 6.07) is 11.7. The highest BCUT2D eigenvalue weighted by molar-refractivity contribution is 6.00. The van der Waals surface area contributed by atoms with Gasteiger partial charge in [-0.05, 0) is 54.7 Å². The molecule has 4 aliphatic rings. The average Bonchev–Trinajstić information content (AvgIpc) is 3.70. The number of amides is 2. The summed E-state index contributed by atoms with van der Waals surface area (Å²) < 4.78 is 11.8. The number of carbonyl (C=O) groups excluding carboxylic acids is 2. The van der Waals surface area contributed by atoms with Crippen molar-refractivity contribution in [2.24, 2.45) is 0 Å². The number of likely N-dealkylation sites (tertiary alicyclic amines) is 1. The molecule has 3 fully saturated rings. The second-order valence-corrected chi connectivity index (χ2v) is 11.3. The number of fused-ring (bicyclic) bond motifs is 2. The first kappa shape index (κ1) is 25.5. The highest BCUT2D eigenvalue weighted by Gasteiger charge is 2.40. The molecule has 2 amide bonds. The summed E-state index contributed by atoms with van der Waals surface area (Å²) in [7, 11) is 0. The predicted molar refractivity (Wildman–Crippen MR) is 145 cm³/mol. The van der Waals surface area contributed by atoms with Crippen LogP contribution in [0.25, 0.3) is 10.9 Å². The molecule has 5 heterocycles. The topological polar surface area (TPSA) is 117 Å². The summed E-state index contributed by atoms with van der Waals surface area (Å²) in [6.07, 6.45) is 3.76. The van der Waals surface area contributed by atoms with Crippen LogP contribution >= 0.6 is 0 Å². The third-order valence-corrected chi connectivity index (χ3v) is 8.57. The van der Waals surface area contributed by atoms with Crippen LogP contribution in [0.1, 0.15) is 60.3 Å². The number of nitrogens with one attached hydrogen (secondary N) is 1. The molecule has 0 saturated carbocycles. The van der Waals surface area contributed by atoms with Gasteiger partial charge >= 0.3 is 0 Å². The van der Waals surface area contributed by atoms with Crippen LogP contribution in [-0.2, 0) is 27.4 Å². The first-order valence-corrected chi connectivity index (χ1v) is 14.1. The molecule has 3 aromatic rings. The average molecular weight is 544 g/mol. The molecule has 7 rings (SSSR count). The lowest BCUT2D eigenvalue weighted by Crippen LogP contribution is -2.51. The van der Waals surface area contributed by atoms with Gasteiger partial charge in [0.15, 0.2) is 0 Å². The van der Waals surface area contributed by atoms with E-state index in [0.717, 1.165) is 72.7 Å². The van der Waals surface area contributed by atoms with E-state index in [1.807, 2.05) is 24.4 Å². The first-order valence-electron chi connectivity index (χ1n) is 14.1. The van der Waals surface area contributed by atoms with Crippen LogP contribution in [0.2, 0.25) is 0 Å². The largest absolute Gasteiger partial charge is 0.489 e. The van der Waals surface area contributed by atoms with Crippen LogP contribution in [0.15, 0.2) is 42.6 Å². The highest BCUT2D eigenvalue weighted by Crippen LogP contribution is 2.37. The second-order valence-electron chi connectivity index (χ2n) is 11.3. The van der Waals surface area contributed by atoms with E-state index in [1.165, 1.54) is 5.56 Å². The Morgan fingerprint density at radius 3 is 2.90 bits per heavy atom. The lowest BCUT2D eigenvalue weighted by atomic mass is 10.0. The summed E-state index contributed by atoms with van der Waals surface area (Å²) in [6.45, 7) is 4.55. The van der Waals surface area contributed by atoms with Gasteiger partial charge in [-0.2, -0.15) is 0 Å². The number of hydrogen-bond acceptors (Lipinski definition) is 9. The zero-order valence-electron chi connectivity index (χ0n) is 22.3. The van der Waals surface area contributed by atoms with Gasteiger partial charge in [0.05, 0.1) is 18.2 Å². The Kier molecular flexibility index (Phi) is 6.71. The quantitative estimate of drug-likeness (QED) is 0.452. The maximum Gasteiger partial charge on any atom is 0.244 e. The van der Waals surface area contributed by atoms with E-state index in [0.29, 0.717) is 25.5 Å². The van der Waals surface area contributed by atoms with E-state index in [2.05, 4.69) is 33.4 Å². The van der Waals surface area contributed by atoms with E-state index in [4.69, 9.17) is 14.5 Å². The van der Waals surface area contributed by atoms with Crippen LogP contribution in [0, 0.1) is 0 Å². The fourth-order valence-electron chi connectivity index (χ4n) is 6.40. The van der Waals surface area contributed by atoms with Crippen molar-refractivity contribution < 1.29 is 24.2 Å². The molecule has 3 saturated heterocycles. The molecule has 0 radical (unpaired) electrons. The van der Waals surface area contributed by atoms with Gasteiger partial charge < -0.3 is 14.6 Å². The Balaban J connectivity index is 0.962. The van der Waals surface area contributed by atoms with Crippen molar-refractivity contribution in [1.29, 1.82) is 0 Å². The first-order chi connectivity index (χ1) is 19.5. The van der Waals surface area contributed by atoms with Gasteiger partial charge in [0.25, 0.3) is 0 Å². The van der Waals surface area contributed by atoms with Crippen molar-refractivity contribution in [1.82, 2.24) is 25.1 Å². The Morgan fingerprint density at radius 2 is 2.05 bits per heavy atom. The highest BCUT2D eigenvalue weighted by atomic mass is 16.5. The van der Waals surface area contributed by atoms with Crippen molar-refractivity contribution in [3.63, 3.8) is 0 Å². The second kappa shape index (κ2) is 10.5. The molecular formula is C30H33N5O5. The Bertz CT molecular complexity index is 1460. The Hall–Kier alpha value is -3.44. The maximum atomic E-state index is 12.4. The summed E-state index contributed by atoms with van der Waals surface area (Å²) in [5.74, 6) is 1.35. The molecule has 2 aromatic carbocycles. The molecule has 208 valence electrons. The smallest absolute Gasteiger partial charge is 0.244 e. The van der Waals surface area contributed by atoms with Gasteiger partial charge in [0.2, 0.25) is 11.8 Å². The van der Waals surface area contributed by atoms with Gasteiger partial charge in [-0.15, -0.1) is 0 Å². The Morgan fingerprint density at radius 1 is 1.12 bits per heavy atom. The summed E-state index contributed by atoms with van der Waals surface area (Å²) in [4.78, 5) is 37.4. The van der Waals surface area contributed by atoms with Gasteiger partial charge in [0, 0.05) is 62.3 Å². The monoisotopic (exact) mass is 543 g/mol. The molecule has 0 spiro atoms. The number of nitrogens with zero attached hydrogens (tertiary/aromatic N) is 4. The van der Waals surface area contributed by atoms with E-state index in [-0.39, 0.29) is 24.3 Å². The van der Waals surface area contributed by atoms with Gasteiger partial charge in [-0.25, -0.2) is 9.97 Å². The number of rotatable bonds is 6. The van der Waals surface area contributed by atoms with Crippen LogP contribution < -0.4 is 10.1 Å². The van der Waals surface area contributed by atoms with Crippen molar-refractivity contribution in [2.75, 3.05) is 26.3 Å². The van der Waals surface area contributed by atoms with Crippen molar-refractivity contribution in [3.8, 4) is 5.75 Å². The number of aromatic nitrogens is 2. The van der Waals surface area contributed by atoms with Crippen LogP contribution in [0.3, 0.4) is 0 Å². The Labute approximate surface area is 232 Å². The molecule has 0 aliphatic carbocycles. The number of piperidine rings is 1. The molecule has 0 bridgehead atoms. The lowest BCUT2D eigenvalue weighted by Gasteiger charge is -2.31. The van der Waals surface area contributed by atoms with E-state index < -0.39 is 12.3 Å². The van der Waals surface area contributed by atoms with Crippen LogP contribution in [0.4, 0.5) is 0 Å². The molecule has 1 aromatic heterocycles. The number of benzene rings is 2. The number of carbonyl (C=O) groups is 2. The minimum atomic E-state index is -0.870. The standard InChI is InChI=1S/C30H33N5O5/c36-27-6-5-26(29(37)33-27)35-15-21-12-22(2-3-24(21)30(35)38)40-23-7-9-34(16-23)14-18-1-4-25-20(11-18)13-31-28(32-25)19-8-10-39-17-19/h1-4,11-13,19,23,26,30,38H,5-10,14-17H2,(H,33,36,37)/t19-,23+,26+,30?/m1/s1. The van der Waals surface area contributed by atoms with Gasteiger partial charge in [-0.3, -0.25) is 24.7 Å². The van der Waals surface area contributed by atoms with Crippen molar-refractivity contribution in [2.45, 2.75) is 63.1 Å². The fourth-order valence-corrected chi connectivity index (χ4v) is 6.40. The van der Waals surface area contributed by atoms with Gasteiger partial charge in [-0.1, -0.05) is 12.1 Å². The number of aliphatic hydroxyl groups is 1. The SMILES string of the molecule is O=C1CC[C@H](N2Cc3cc(O[C@H]4CCN(Cc5ccc6nc([C@@H]7CCOC7)ncc6c5)C4)ccc3C2O)C(=O)N1. The zero-order valence-corrected chi connectivity index (χ0v) is 22.3. The summed E-state index contributed by atoms with van der Waals surface area (Å²) >= 11 is 0. The minimum Gasteiger partial charge on any atom is -0.489 e. The molecule has 2 N–H and O–H groups in total. The van der Waals surface area contributed by atoms with Crippen LogP contribution in [-0.4, -0.2) is 75.1 Å². The number of ether oxygens (including phenoxy) is 2. The normalized spacial score (nSPS) is 27.3. The van der Waals surface area contributed by atoms with Crippen LogP contribution in [0.5, 0.6) is 5.75 Å². The van der Waals surface area contributed by atoms with E-state index >= 15 is 0 Å². The maximum absolute atomic E-state index is 12.4. The predicted octanol–water partition coefficient (Wildman–Crippen LogP) is 2.40. The molecule has 40 heavy (non-hydrogen) atoms. The zero-order chi connectivity index (χ0) is 27.2. The molecule has 4 atom stereocenters. The molecule has 4 aliphatic heterocycles. The minimum absolute atomic E-state index is 0.0793. The fraction of sp³-hybridized carbons (Fsp3) is 0.467. The number of hydrogen-bond donors (Lipinski definition) is 2. The third kappa shape index (κ3) is 4.96. The third-order valence-electron chi connectivity index (χ3n) is 8.57. The lowest BCUT2D eigenvalue weighted by molar-refractivity contribution is -0.141. The molecule has 1 unspecified atom stereocenters. The molecule has 10 nitrogen and oxygen atoms in total. The van der Waals surface area contributed by atoms with E-state index in [1.54, 1.807) is 4.90 Å². The number of imide groups is 1.